The molecule has 6 heteroatoms. The third-order valence-electron chi connectivity index (χ3n) is 2.74. The summed E-state index contributed by atoms with van der Waals surface area (Å²) in [5.41, 5.74) is -0.502. The minimum atomic E-state index is -4.47. The maximum atomic E-state index is 13.6. The molecular formula is C14H8BrF5. The summed E-state index contributed by atoms with van der Waals surface area (Å²) < 4.78 is 64.3. The van der Waals surface area contributed by atoms with Gasteiger partial charge in [0.05, 0.1) is 10.4 Å². The van der Waals surface area contributed by atoms with Gasteiger partial charge in [0, 0.05) is 11.6 Å². The average Bonchev–Trinajstić information content (AvgIpc) is 2.37. The van der Waals surface area contributed by atoms with Crippen molar-refractivity contribution in [2.45, 2.75) is 11.0 Å². The van der Waals surface area contributed by atoms with Crippen molar-refractivity contribution < 1.29 is 22.0 Å². The topological polar surface area (TPSA) is 0 Å². The summed E-state index contributed by atoms with van der Waals surface area (Å²) in [6.07, 6.45) is -4.47. The van der Waals surface area contributed by atoms with Gasteiger partial charge in [0.1, 0.15) is 11.6 Å². The molecule has 0 radical (unpaired) electrons. The van der Waals surface area contributed by atoms with Gasteiger partial charge in [-0.05, 0) is 17.7 Å². The van der Waals surface area contributed by atoms with Gasteiger partial charge < -0.3 is 0 Å². The van der Waals surface area contributed by atoms with Crippen molar-refractivity contribution in [3.63, 3.8) is 0 Å². The summed E-state index contributed by atoms with van der Waals surface area (Å²) in [7, 11) is 0. The van der Waals surface area contributed by atoms with E-state index in [1.165, 1.54) is 18.2 Å². The minimum Gasteiger partial charge on any atom is -0.207 e. The highest BCUT2D eigenvalue weighted by molar-refractivity contribution is 9.09. The molecular weight excluding hydrogens is 343 g/mol. The van der Waals surface area contributed by atoms with Crippen LogP contribution in [0.5, 0.6) is 0 Å². The fourth-order valence-corrected chi connectivity index (χ4v) is 2.42. The number of rotatable bonds is 2. The van der Waals surface area contributed by atoms with E-state index in [0.717, 1.165) is 18.2 Å². The van der Waals surface area contributed by atoms with E-state index in [9.17, 15) is 22.0 Å². The second kappa shape index (κ2) is 5.52. The van der Waals surface area contributed by atoms with E-state index >= 15 is 0 Å². The number of hydrogen-bond acceptors (Lipinski definition) is 0. The van der Waals surface area contributed by atoms with E-state index in [2.05, 4.69) is 15.9 Å². The highest BCUT2D eigenvalue weighted by atomic mass is 79.9. The molecule has 0 N–H and O–H groups in total. The molecule has 0 amide bonds. The zero-order chi connectivity index (χ0) is 14.9. The molecule has 106 valence electrons. The molecule has 0 aliphatic heterocycles. The summed E-state index contributed by atoms with van der Waals surface area (Å²) in [6, 6.07) is 7.50. The van der Waals surface area contributed by atoms with Crippen LogP contribution >= 0.6 is 15.9 Å². The quantitative estimate of drug-likeness (QED) is 0.497. The molecule has 0 nitrogen and oxygen atoms in total. The van der Waals surface area contributed by atoms with E-state index in [4.69, 9.17) is 0 Å². The Morgan fingerprint density at radius 1 is 0.950 bits per heavy atom. The van der Waals surface area contributed by atoms with Gasteiger partial charge in [0.15, 0.2) is 0 Å². The number of benzene rings is 2. The van der Waals surface area contributed by atoms with Crippen LogP contribution in [0.15, 0.2) is 42.5 Å². The third-order valence-corrected chi connectivity index (χ3v) is 3.76. The largest absolute Gasteiger partial charge is 0.416 e. The first-order valence-corrected chi connectivity index (χ1v) is 6.47. The first kappa shape index (κ1) is 15.0. The van der Waals surface area contributed by atoms with E-state index in [-0.39, 0.29) is 11.1 Å². The van der Waals surface area contributed by atoms with Crippen molar-refractivity contribution in [2.24, 2.45) is 0 Å². The van der Waals surface area contributed by atoms with Crippen LogP contribution in [0, 0.1) is 11.6 Å². The van der Waals surface area contributed by atoms with Gasteiger partial charge in [0.2, 0.25) is 0 Å². The summed E-state index contributed by atoms with van der Waals surface area (Å²) in [6.45, 7) is 0. The predicted octanol–water partition coefficient (Wildman–Crippen LogP) is 5.47. The van der Waals surface area contributed by atoms with Crippen molar-refractivity contribution in [1.29, 1.82) is 0 Å². The van der Waals surface area contributed by atoms with Crippen LogP contribution in [0.3, 0.4) is 0 Å². The molecule has 0 saturated carbocycles. The first-order chi connectivity index (χ1) is 9.29. The number of halogens is 6. The molecule has 0 bridgehead atoms. The van der Waals surface area contributed by atoms with Gasteiger partial charge in [-0.15, -0.1) is 0 Å². The minimum absolute atomic E-state index is 0.0747. The zero-order valence-corrected chi connectivity index (χ0v) is 11.5. The van der Waals surface area contributed by atoms with Crippen molar-refractivity contribution in [3.8, 4) is 0 Å². The van der Waals surface area contributed by atoms with Gasteiger partial charge in [-0.1, -0.05) is 40.2 Å². The second-order valence-corrected chi connectivity index (χ2v) is 5.07. The SMILES string of the molecule is Fc1ccc(C(Br)c2cccc(C(F)(F)F)c2)c(F)c1. The van der Waals surface area contributed by atoms with Gasteiger partial charge >= 0.3 is 6.18 Å². The van der Waals surface area contributed by atoms with Gasteiger partial charge in [-0.25, -0.2) is 8.78 Å². The van der Waals surface area contributed by atoms with Crippen molar-refractivity contribution >= 4 is 15.9 Å². The molecule has 0 heterocycles. The van der Waals surface area contributed by atoms with Crippen LogP contribution in [0.1, 0.15) is 21.5 Å². The molecule has 0 spiro atoms. The number of hydrogen-bond donors (Lipinski definition) is 0. The number of alkyl halides is 4. The van der Waals surface area contributed by atoms with Crippen LogP contribution in [0.25, 0.3) is 0 Å². The Hall–Kier alpha value is -1.43. The zero-order valence-electron chi connectivity index (χ0n) is 9.89. The van der Waals surface area contributed by atoms with Gasteiger partial charge in [0.25, 0.3) is 0 Å². The van der Waals surface area contributed by atoms with Crippen LogP contribution < -0.4 is 0 Å². The third kappa shape index (κ3) is 3.17. The molecule has 0 fully saturated rings. The van der Waals surface area contributed by atoms with Crippen molar-refractivity contribution in [3.05, 3.63) is 70.8 Å². The van der Waals surface area contributed by atoms with Crippen LogP contribution in [0.2, 0.25) is 0 Å². The molecule has 2 aromatic rings. The monoisotopic (exact) mass is 350 g/mol. The summed E-state index contributed by atoms with van der Waals surface area (Å²) in [5.74, 6) is -1.56. The fourth-order valence-electron chi connectivity index (χ4n) is 1.76. The highest BCUT2D eigenvalue weighted by Crippen LogP contribution is 2.36. The summed E-state index contributed by atoms with van der Waals surface area (Å²) >= 11 is 3.14. The van der Waals surface area contributed by atoms with Crippen molar-refractivity contribution in [2.75, 3.05) is 0 Å². The Balaban J connectivity index is 2.41. The van der Waals surface area contributed by atoms with Crippen LogP contribution in [-0.4, -0.2) is 0 Å². The molecule has 0 aliphatic rings. The lowest BCUT2D eigenvalue weighted by atomic mass is 10.0. The van der Waals surface area contributed by atoms with Crippen LogP contribution in [-0.2, 0) is 6.18 Å². The average molecular weight is 351 g/mol. The second-order valence-electron chi connectivity index (χ2n) is 4.15. The Labute approximate surface area is 120 Å². The smallest absolute Gasteiger partial charge is 0.207 e. The predicted molar refractivity (Wildman–Crippen MR) is 68.6 cm³/mol. The molecule has 2 aromatic carbocycles. The van der Waals surface area contributed by atoms with E-state index in [1.807, 2.05) is 0 Å². The Kier molecular flexibility index (Phi) is 4.13. The highest BCUT2D eigenvalue weighted by Gasteiger charge is 2.31. The van der Waals surface area contributed by atoms with E-state index in [1.54, 1.807) is 0 Å². The first-order valence-electron chi connectivity index (χ1n) is 5.55. The molecule has 20 heavy (non-hydrogen) atoms. The summed E-state index contributed by atoms with van der Waals surface area (Å²) in [5, 5.41) is 0. The molecule has 0 aliphatic carbocycles. The summed E-state index contributed by atoms with van der Waals surface area (Å²) in [4.78, 5) is -0.787. The van der Waals surface area contributed by atoms with Gasteiger partial charge in [-0.2, -0.15) is 13.2 Å². The standard InChI is InChI=1S/C14H8BrF5/c15-13(11-5-4-10(16)7-12(11)17)8-2-1-3-9(6-8)14(18,19)20/h1-7,13H. The Bertz CT molecular complexity index is 621. The maximum absolute atomic E-state index is 13.6. The molecule has 0 saturated heterocycles. The van der Waals surface area contributed by atoms with Crippen LogP contribution in [0.4, 0.5) is 22.0 Å². The van der Waals surface area contributed by atoms with E-state index < -0.39 is 28.2 Å². The molecule has 1 atom stereocenters. The molecule has 1 unspecified atom stereocenters. The van der Waals surface area contributed by atoms with Crippen molar-refractivity contribution in [1.82, 2.24) is 0 Å². The Morgan fingerprint density at radius 2 is 1.65 bits per heavy atom. The van der Waals surface area contributed by atoms with Gasteiger partial charge in [-0.3, -0.25) is 0 Å². The maximum Gasteiger partial charge on any atom is 0.416 e. The van der Waals surface area contributed by atoms with E-state index in [0.29, 0.717) is 6.07 Å². The lowest BCUT2D eigenvalue weighted by molar-refractivity contribution is -0.137. The lowest BCUT2D eigenvalue weighted by Gasteiger charge is -2.14. The normalized spacial score (nSPS) is 13.3. The Morgan fingerprint density at radius 3 is 2.25 bits per heavy atom. The fraction of sp³-hybridized carbons (Fsp3) is 0.143. The molecule has 2 rings (SSSR count). The molecule has 0 aromatic heterocycles. The lowest BCUT2D eigenvalue weighted by Crippen LogP contribution is -2.06.